The molecule has 0 saturated carbocycles. The number of likely N-dealkylation sites (tertiary alicyclic amines) is 2. The summed E-state index contributed by atoms with van der Waals surface area (Å²) in [6, 6.07) is 15.3. The van der Waals surface area contributed by atoms with Crippen molar-refractivity contribution in [1.29, 1.82) is 0 Å². The second-order valence-corrected chi connectivity index (χ2v) is 8.58. The minimum Gasteiger partial charge on any atom is -0.343 e. The number of piperidine rings is 1. The van der Waals surface area contributed by atoms with Crippen molar-refractivity contribution in [2.75, 3.05) is 19.6 Å². The molecule has 0 spiro atoms. The molecule has 2 aromatic carbocycles. The number of carbonyl (C=O) groups excluding carboxylic acids is 2. The van der Waals surface area contributed by atoms with Crippen LogP contribution < -0.4 is 0 Å². The number of carbonyl (C=O) groups is 2. The molecule has 4 heteroatoms. The lowest BCUT2D eigenvalue weighted by Crippen LogP contribution is -2.46. The van der Waals surface area contributed by atoms with E-state index < -0.39 is 0 Å². The molecule has 4 nitrogen and oxygen atoms in total. The Kier molecular flexibility index (Phi) is 6.17. The summed E-state index contributed by atoms with van der Waals surface area (Å²) in [4.78, 5) is 29.5. The van der Waals surface area contributed by atoms with E-state index in [1.807, 2.05) is 11.8 Å². The van der Waals surface area contributed by atoms with E-state index >= 15 is 0 Å². The maximum atomic E-state index is 13.3. The largest absolute Gasteiger partial charge is 0.343 e. The Morgan fingerprint density at radius 1 is 0.966 bits per heavy atom. The fourth-order valence-electron chi connectivity index (χ4n) is 5.04. The first-order valence-corrected chi connectivity index (χ1v) is 11.2. The van der Waals surface area contributed by atoms with Crippen LogP contribution in [0.15, 0.2) is 42.5 Å². The molecule has 0 bridgehead atoms. The molecule has 0 N–H and O–H groups in total. The van der Waals surface area contributed by atoms with Crippen LogP contribution in [0.1, 0.15) is 51.0 Å². The topological polar surface area (TPSA) is 40.6 Å². The summed E-state index contributed by atoms with van der Waals surface area (Å²) in [6.45, 7) is 4.38. The first-order valence-electron chi connectivity index (χ1n) is 11.2. The van der Waals surface area contributed by atoms with Gasteiger partial charge in [0.15, 0.2) is 0 Å². The fourth-order valence-corrected chi connectivity index (χ4v) is 5.04. The Bertz CT molecular complexity index is 865. The summed E-state index contributed by atoms with van der Waals surface area (Å²) in [5.41, 5.74) is 1.34. The summed E-state index contributed by atoms with van der Waals surface area (Å²) in [7, 11) is 0. The standard InChI is InChI=1S/C25H32N2O2/c1-2-7-24(28)26-16-13-20(14-17-26)25(29)27-15-6-11-22(27)18-21-10-5-9-19-8-3-4-12-23(19)21/h3-5,8-10,12,20,22H,2,6-7,11,13-18H2,1H3. The molecule has 2 saturated heterocycles. The zero-order valence-electron chi connectivity index (χ0n) is 17.5. The number of benzene rings is 2. The van der Waals surface area contributed by atoms with Crippen LogP contribution in [0.25, 0.3) is 10.8 Å². The first kappa shape index (κ1) is 19.9. The highest BCUT2D eigenvalue weighted by Gasteiger charge is 2.35. The van der Waals surface area contributed by atoms with Gasteiger partial charge in [-0.2, -0.15) is 0 Å². The third-order valence-electron chi connectivity index (χ3n) is 6.66. The lowest BCUT2D eigenvalue weighted by Gasteiger charge is -2.35. The van der Waals surface area contributed by atoms with E-state index in [2.05, 4.69) is 47.4 Å². The molecule has 2 fully saturated rings. The minimum atomic E-state index is 0.0776. The number of nitrogens with zero attached hydrogens (tertiary/aromatic N) is 2. The number of hydrogen-bond donors (Lipinski definition) is 0. The maximum absolute atomic E-state index is 13.3. The monoisotopic (exact) mass is 392 g/mol. The van der Waals surface area contributed by atoms with E-state index in [0.717, 1.165) is 58.2 Å². The average Bonchev–Trinajstić information content (AvgIpc) is 3.22. The van der Waals surface area contributed by atoms with Crippen LogP contribution in [-0.4, -0.2) is 47.3 Å². The van der Waals surface area contributed by atoms with Gasteiger partial charge in [-0.25, -0.2) is 0 Å². The van der Waals surface area contributed by atoms with E-state index in [1.165, 1.54) is 16.3 Å². The SMILES string of the molecule is CCCC(=O)N1CCC(C(=O)N2CCCC2Cc2cccc3ccccc23)CC1. The zero-order valence-corrected chi connectivity index (χ0v) is 17.5. The third kappa shape index (κ3) is 4.31. The van der Waals surface area contributed by atoms with Gasteiger partial charge in [-0.15, -0.1) is 0 Å². The molecule has 1 unspecified atom stereocenters. The van der Waals surface area contributed by atoms with Crippen molar-refractivity contribution in [3.63, 3.8) is 0 Å². The molecule has 2 amide bonds. The van der Waals surface area contributed by atoms with Crippen molar-refractivity contribution in [3.05, 3.63) is 48.0 Å². The molecule has 2 heterocycles. The second-order valence-electron chi connectivity index (χ2n) is 8.58. The van der Waals surface area contributed by atoms with Crippen LogP contribution in [0.5, 0.6) is 0 Å². The molecule has 29 heavy (non-hydrogen) atoms. The molecule has 2 aliphatic heterocycles. The Morgan fingerprint density at radius 3 is 2.52 bits per heavy atom. The predicted molar refractivity (Wildman–Crippen MR) is 117 cm³/mol. The molecule has 2 aliphatic rings. The van der Waals surface area contributed by atoms with Gasteiger partial charge >= 0.3 is 0 Å². The number of amides is 2. The van der Waals surface area contributed by atoms with Gasteiger partial charge in [-0.05, 0) is 54.9 Å². The number of rotatable bonds is 5. The highest BCUT2D eigenvalue weighted by molar-refractivity contribution is 5.86. The average molecular weight is 393 g/mol. The second kappa shape index (κ2) is 8.98. The minimum absolute atomic E-state index is 0.0776. The molecule has 0 aromatic heterocycles. The van der Waals surface area contributed by atoms with Crippen LogP contribution >= 0.6 is 0 Å². The van der Waals surface area contributed by atoms with Gasteiger partial charge in [-0.1, -0.05) is 49.4 Å². The highest BCUT2D eigenvalue weighted by atomic mass is 16.2. The summed E-state index contributed by atoms with van der Waals surface area (Å²) in [6.07, 6.45) is 6.25. The number of hydrogen-bond acceptors (Lipinski definition) is 2. The van der Waals surface area contributed by atoms with Gasteiger partial charge in [0.25, 0.3) is 0 Å². The van der Waals surface area contributed by atoms with Crippen LogP contribution in [0, 0.1) is 5.92 Å². The molecule has 1 atom stereocenters. The molecule has 154 valence electrons. The summed E-state index contributed by atoms with van der Waals surface area (Å²) < 4.78 is 0. The quantitative estimate of drug-likeness (QED) is 0.756. The van der Waals surface area contributed by atoms with E-state index in [-0.39, 0.29) is 11.8 Å². The molecule has 4 rings (SSSR count). The highest BCUT2D eigenvalue weighted by Crippen LogP contribution is 2.29. The summed E-state index contributed by atoms with van der Waals surface area (Å²) in [5, 5.41) is 2.57. The zero-order chi connectivity index (χ0) is 20.2. The van der Waals surface area contributed by atoms with Gasteiger partial charge in [-0.3, -0.25) is 9.59 Å². The van der Waals surface area contributed by atoms with Gasteiger partial charge in [0.2, 0.25) is 11.8 Å². The van der Waals surface area contributed by atoms with Crippen molar-refractivity contribution in [1.82, 2.24) is 9.80 Å². The van der Waals surface area contributed by atoms with Crippen molar-refractivity contribution in [2.45, 2.75) is 57.9 Å². The van der Waals surface area contributed by atoms with E-state index in [0.29, 0.717) is 18.4 Å². The molecule has 2 aromatic rings. The summed E-state index contributed by atoms with van der Waals surface area (Å²) >= 11 is 0. The smallest absolute Gasteiger partial charge is 0.226 e. The first-order chi connectivity index (χ1) is 14.2. The lowest BCUT2D eigenvalue weighted by atomic mass is 9.93. The molecule has 0 aliphatic carbocycles. The van der Waals surface area contributed by atoms with Crippen LogP contribution in [0.2, 0.25) is 0 Å². The Hall–Kier alpha value is -2.36. The van der Waals surface area contributed by atoms with Gasteiger partial charge < -0.3 is 9.80 Å². The summed E-state index contributed by atoms with van der Waals surface area (Å²) in [5.74, 6) is 0.637. The Labute approximate surface area is 173 Å². The maximum Gasteiger partial charge on any atom is 0.226 e. The Morgan fingerprint density at radius 2 is 1.72 bits per heavy atom. The fraction of sp³-hybridized carbons (Fsp3) is 0.520. The van der Waals surface area contributed by atoms with Crippen molar-refractivity contribution in [3.8, 4) is 0 Å². The number of fused-ring (bicyclic) bond motifs is 1. The molecular formula is C25H32N2O2. The van der Waals surface area contributed by atoms with E-state index in [1.54, 1.807) is 0 Å². The predicted octanol–water partition coefficient (Wildman–Crippen LogP) is 4.41. The van der Waals surface area contributed by atoms with Gasteiger partial charge in [0.1, 0.15) is 0 Å². The van der Waals surface area contributed by atoms with Gasteiger partial charge in [0, 0.05) is 38.0 Å². The van der Waals surface area contributed by atoms with Crippen LogP contribution in [-0.2, 0) is 16.0 Å². The van der Waals surface area contributed by atoms with Crippen molar-refractivity contribution >= 4 is 22.6 Å². The van der Waals surface area contributed by atoms with E-state index in [9.17, 15) is 9.59 Å². The van der Waals surface area contributed by atoms with Crippen LogP contribution in [0.3, 0.4) is 0 Å². The lowest BCUT2D eigenvalue weighted by molar-refractivity contribution is -0.141. The van der Waals surface area contributed by atoms with Crippen LogP contribution in [0.4, 0.5) is 0 Å². The third-order valence-corrected chi connectivity index (χ3v) is 6.66. The van der Waals surface area contributed by atoms with E-state index in [4.69, 9.17) is 0 Å². The van der Waals surface area contributed by atoms with Crippen molar-refractivity contribution in [2.24, 2.45) is 5.92 Å². The van der Waals surface area contributed by atoms with Gasteiger partial charge in [0.05, 0.1) is 0 Å². The van der Waals surface area contributed by atoms with Crippen molar-refractivity contribution < 1.29 is 9.59 Å². The normalized spacial score (nSPS) is 20.4. The molecule has 0 radical (unpaired) electrons. The Balaban J connectivity index is 1.41. The molecular weight excluding hydrogens is 360 g/mol.